The number of nitrogens with one attached hydrogen (secondary N) is 1. The summed E-state index contributed by atoms with van der Waals surface area (Å²) in [6.07, 6.45) is -1.28. The van der Waals surface area contributed by atoms with Gasteiger partial charge in [0.05, 0.1) is 16.3 Å². The van der Waals surface area contributed by atoms with Gasteiger partial charge in [-0.2, -0.15) is 0 Å². The van der Waals surface area contributed by atoms with Crippen molar-refractivity contribution in [2.45, 2.75) is 6.61 Å². The minimum atomic E-state index is -1.28. The van der Waals surface area contributed by atoms with E-state index in [4.69, 9.17) is 13.6 Å². The molecule has 9 heteroatoms. The van der Waals surface area contributed by atoms with Gasteiger partial charge in [-0.05, 0) is 35.9 Å². The molecule has 0 spiro atoms. The number of hydrogen-bond donors (Lipinski definition) is 2. The fourth-order valence-corrected chi connectivity index (χ4v) is 4.93. The van der Waals surface area contributed by atoms with Crippen LogP contribution < -0.4 is 15.9 Å². The Morgan fingerprint density at radius 1 is 0.838 bits per heavy atom. The van der Waals surface area contributed by atoms with E-state index >= 15 is 0 Å². The topological polar surface area (TPSA) is 128 Å². The second kappa shape index (κ2) is 7.59. The molecule has 0 radical (unpaired) electrons. The lowest BCUT2D eigenvalue weighted by molar-refractivity contribution is 0.198. The molecule has 7 aromatic rings. The molecule has 9 nitrogen and oxygen atoms in total. The molecule has 3 heterocycles. The number of para-hydroxylation sites is 2. The Kier molecular flexibility index (Phi) is 4.31. The Morgan fingerprint density at radius 3 is 2.24 bits per heavy atom. The van der Waals surface area contributed by atoms with Crippen molar-refractivity contribution in [1.29, 1.82) is 0 Å². The van der Waals surface area contributed by atoms with Crippen molar-refractivity contribution in [1.82, 2.24) is 9.55 Å². The van der Waals surface area contributed by atoms with Gasteiger partial charge in [0.2, 0.25) is 0 Å². The predicted octanol–water partition coefficient (Wildman–Crippen LogP) is 5.59. The molecule has 0 aliphatic carbocycles. The maximum absolute atomic E-state index is 13.0. The van der Waals surface area contributed by atoms with Crippen molar-refractivity contribution < 1.29 is 23.5 Å². The van der Waals surface area contributed by atoms with Gasteiger partial charge in [0.1, 0.15) is 17.9 Å². The largest absolute Gasteiger partial charge is 0.489 e. The first-order valence-electron chi connectivity index (χ1n) is 11.4. The summed E-state index contributed by atoms with van der Waals surface area (Å²) < 4.78 is 19.1. The van der Waals surface area contributed by atoms with Gasteiger partial charge in [-0.1, -0.05) is 42.5 Å². The van der Waals surface area contributed by atoms with Crippen LogP contribution in [0.3, 0.4) is 0 Å². The van der Waals surface area contributed by atoms with E-state index in [9.17, 15) is 19.5 Å². The van der Waals surface area contributed by atoms with E-state index in [-0.39, 0.29) is 32.8 Å². The van der Waals surface area contributed by atoms with Crippen molar-refractivity contribution in [3.05, 3.63) is 99.1 Å². The number of nitrogens with zero attached hydrogens (tertiary/aromatic N) is 1. The average molecular weight is 492 g/mol. The molecule has 180 valence electrons. The third kappa shape index (κ3) is 3.00. The molecule has 2 N–H and O–H groups in total. The summed E-state index contributed by atoms with van der Waals surface area (Å²) in [6.45, 7) is 0.296. The van der Waals surface area contributed by atoms with E-state index in [0.717, 1.165) is 10.1 Å². The average Bonchev–Trinajstić information content (AvgIpc) is 3.40. The molecular weight excluding hydrogens is 476 g/mol. The highest BCUT2D eigenvalue weighted by Crippen LogP contribution is 2.41. The van der Waals surface area contributed by atoms with E-state index in [1.165, 1.54) is 0 Å². The lowest BCUT2D eigenvalue weighted by Crippen LogP contribution is -2.07. The third-order valence-electron chi connectivity index (χ3n) is 6.48. The van der Waals surface area contributed by atoms with Gasteiger partial charge in [0.25, 0.3) is 11.1 Å². The first-order chi connectivity index (χ1) is 18.0. The van der Waals surface area contributed by atoms with Crippen LogP contribution in [0.25, 0.3) is 54.9 Å². The van der Waals surface area contributed by atoms with Gasteiger partial charge >= 0.3 is 6.09 Å². The van der Waals surface area contributed by atoms with E-state index < -0.39 is 17.2 Å². The smallest absolute Gasteiger partial charge is 0.416 e. The van der Waals surface area contributed by atoms with E-state index in [1.807, 2.05) is 30.3 Å². The number of carbonyl (C=O) groups is 1. The number of aromatic amines is 1. The second-order valence-electron chi connectivity index (χ2n) is 8.64. The molecule has 7 rings (SSSR count). The highest BCUT2D eigenvalue weighted by atomic mass is 16.5. The van der Waals surface area contributed by atoms with Crippen molar-refractivity contribution in [3.8, 4) is 5.75 Å². The molecule has 0 bridgehead atoms. The molecule has 0 unspecified atom stereocenters. The Labute approximate surface area is 205 Å². The maximum Gasteiger partial charge on any atom is 0.416 e. The summed E-state index contributed by atoms with van der Waals surface area (Å²) in [6, 6.07) is 21.3. The highest BCUT2D eigenvalue weighted by Gasteiger charge is 2.27. The molecular formula is C28H16N2O7. The second-order valence-corrected chi connectivity index (χ2v) is 8.64. The van der Waals surface area contributed by atoms with Gasteiger partial charge in [0.15, 0.2) is 22.3 Å². The van der Waals surface area contributed by atoms with E-state index in [0.29, 0.717) is 34.4 Å². The van der Waals surface area contributed by atoms with Crippen LogP contribution in [-0.2, 0) is 6.61 Å². The molecule has 3 aromatic heterocycles. The van der Waals surface area contributed by atoms with Crippen molar-refractivity contribution in [3.63, 3.8) is 0 Å². The van der Waals surface area contributed by atoms with Crippen LogP contribution in [0.2, 0.25) is 0 Å². The highest BCUT2D eigenvalue weighted by molar-refractivity contribution is 6.31. The van der Waals surface area contributed by atoms with Gasteiger partial charge < -0.3 is 18.7 Å². The fraction of sp³-hybridized carbons (Fsp3) is 0.0357. The van der Waals surface area contributed by atoms with Crippen LogP contribution in [-0.4, -0.2) is 20.8 Å². The van der Waals surface area contributed by atoms with Gasteiger partial charge in [-0.15, -0.1) is 0 Å². The number of ether oxygens (including phenoxy) is 1. The number of benzene rings is 4. The molecule has 37 heavy (non-hydrogen) atoms. The Balaban J connectivity index is 1.63. The fourth-order valence-electron chi connectivity index (χ4n) is 4.93. The molecule has 0 aliphatic heterocycles. The summed E-state index contributed by atoms with van der Waals surface area (Å²) in [5, 5.41) is 10.9. The molecule has 0 saturated carbocycles. The number of fused-ring (bicyclic) bond motifs is 9. The predicted molar refractivity (Wildman–Crippen MR) is 138 cm³/mol. The number of rotatable bonds is 3. The first kappa shape index (κ1) is 21.0. The molecule has 0 atom stereocenters. The Hall–Kier alpha value is -5.31. The molecule has 0 fully saturated rings. The van der Waals surface area contributed by atoms with Crippen LogP contribution in [0.15, 0.2) is 91.2 Å². The lowest BCUT2D eigenvalue weighted by Gasteiger charge is -2.07. The van der Waals surface area contributed by atoms with Crippen LogP contribution in [0.1, 0.15) is 5.56 Å². The summed E-state index contributed by atoms with van der Waals surface area (Å²) in [5.74, 6) is 0.472. The first-order valence-corrected chi connectivity index (χ1v) is 11.4. The van der Waals surface area contributed by atoms with Crippen LogP contribution in [0, 0.1) is 0 Å². The summed E-state index contributed by atoms with van der Waals surface area (Å²) in [7, 11) is 0. The maximum atomic E-state index is 13.0. The molecule has 0 aliphatic rings. The SMILES string of the molecule is O=C(O)n1c2ccc(OCc3ccccc3)cc2c2c3c(=O)[nH]c(=O)c3c3oc4ccccc4oc3c21. The van der Waals surface area contributed by atoms with Crippen LogP contribution >= 0.6 is 0 Å². The minimum Gasteiger partial charge on any atom is -0.489 e. The Bertz CT molecular complexity index is 2160. The van der Waals surface area contributed by atoms with Gasteiger partial charge in [0, 0.05) is 10.8 Å². The monoisotopic (exact) mass is 492 g/mol. The van der Waals surface area contributed by atoms with Gasteiger partial charge in [-0.3, -0.25) is 14.6 Å². The number of H-pyrrole nitrogens is 1. The summed E-state index contributed by atoms with van der Waals surface area (Å²) in [4.78, 5) is 40.8. The number of aromatic nitrogens is 2. The van der Waals surface area contributed by atoms with Crippen molar-refractivity contribution in [2.75, 3.05) is 0 Å². The Morgan fingerprint density at radius 2 is 1.51 bits per heavy atom. The summed E-state index contributed by atoms with van der Waals surface area (Å²) in [5.41, 5.74) is 0.825. The van der Waals surface area contributed by atoms with Crippen LogP contribution in [0.4, 0.5) is 4.79 Å². The normalized spacial score (nSPS) is 11.8. The zero-order valence-corrected chi connectivity index (χ0v) is 19.0. The minimum absolute atomic E-state index is 0.00190. The number of hydrogen-bond acceptors (Lipinski definition) is 6. The lowest BCUT2D eigenvalue weighted by atomic mass is 10.1. The molecule has 0 amide bonds. The third-order valence-corrected chi connectivity index (χ3v) is 6.48. The molecule has 4 aromatic carbocycles. The molecule has 0 saturated heterocycles. The zero-order valence-electron chi connectivity index (χ0n) is 19.0. The van der Waals surface area contributed by atoms with E-state index in [2.05, 4.69) is 4.98 Å². The van der Waals surface area contributed by atoms with Gasteiger partial charge in [-0.25, -0.2) is 9.36 Å². The van der Waals surface area contributed by atoms with E-state index in [1.54, 1.807) is 42.5 Å². The van der Waals surface area contributed by atoms with Crippen molar-refractivity contribution >= 4 is 61.0 Å². The quantitative estimate of drug-likeness (QED) is 0.308. The summed E-state index contributed by atoms with van der Waals surface area (Å²) >= 11 is 0. The van der Waals surface area contributed by atoms with Crippen LogP contribution in [0.5, 0.6) is 5.75 Å². The number of carboxylic acid groups (broad SMARTS) is 1. The zero-order chi connectivity index (χ0) is 25.3. The van der Waals surface area contributed by atoms with Crippen molar-refractivity contribution in [2.24, 2.45) is 0 Å². The standard InChI is InChI=1S/C28H16N2O7/c31-26-21-20-16-12-15(35-13-14-6-2-1-3-7-14)10-11-17(16)30(28(33)34)23(20)25-24(22(21)27(32)29-26)36-18-8-4-5-9-19(18)37-25/h1-12H,13H2,(H,33,34)(H,29,31,32).